The third-order valence-corrected chi connectivity index (χ3v) is 5.98. The first-order valence-electron chi connectivity index (χ1n) is 11.2. The van der Waals surface area contributed by atoms with Crippen molar-refractivity contribution in [3.63, 3.8) is 0 Å². The normalized spacial score (nSPS) is 14.9. The van der Waals surface area contributed by atoms with Gasteiger partial charge < -0.3 is 14.6 Å². The summed E-state index contributed by atoms with van der Waals surface area (Å²) in [6, 6.07) is 18.1. The molecule has 1 N–H and O–H groups in total. The zero-order valence-electron chi connectivity index (χ0n) is 18.8. The summed E-state index contributed by atoms with van der Waals surface area (Å²) in [4.78, 5) is 14.9. The molecule has 2 heterocycles. The maximum Gasteiger partial charge on any atom is 0.220 e. The SMILES string of the molecule is COc1ccccc1CN1CCc2nnc([C@@H](C)NC(=O)CCc3ccccc3)n2CC1. The highest BCUT2D eigenvalue weighted by Gasteiger charge is 2.23. The van der Waals surface area contributed by atoms with Gasteiger partial charge in [0, 0.05) is 44.6 Å². The van der Waals surface area contributed by atoms with Crippen LogP contribution < -0.4 is 10.1 Å². The second-order valence-electron chi connectivity index (χ2n) is 8.24. The summed E-state index contributed by atoms with van der Waals surface area (Å²) in [7, 11) is 1.71. The zero-order chi connectivity index (χ0) is 22.3. The highest BCUT2D eigenvalue weighted by Crippen LogP contribution is 2.21. The molecule has 0 unspecified atom stereocenters. The Balaban J connectivity index is 1.34. The number of nitrogens with one attached hydrogen (secondary N) is 1. The van der Waals surface area contributed by atoms with Crippen molar-refractivity contribution in [3.05, 3.63) is 77.4 Å². The molecule has 7 nitrogen and oxygen atoms in total. The number of aryl methyl sites for hydroxylation is 1. The fourth-order valence-corrected chi connectivity index (χ4v) is 4.22. The molecule has 4 rings (SSSR count). The molecule has 3 aromatic rings. The molecule has 0 fully saturated rings. The number of hydrogen-bond donors (Lipinski definition) is 1. The van der Waals surface area contributed by atoms with Gasteiger partial charge in [0.25, 0.3) is 0 Å². The van der Waals surface area contributed by atoms with Gasteiger partial charge >= 0.3 is 0 Å². The number of nitrogens with zero attached hydrogens (tertiary/aromatic N) is 4. The van der Waals surface area contributed by atoms with Gasteiger partial charge in [0.15, 0.2) is 5.82 Å². The van der Waals surface area contributed by atoms with Crippen molar-refractivity contribution in [2.24, 2.45) is 0 Å². The third-order valence-electron chi connectivity index (χ3n) is 5.98. The molecule has 1 atom stereocenters. The number of carbonyl (C=O) groups is 1. The van der Waals surface area contributed by atoms with Crippen LogP contribution in [0.4, 0.5) is 0 Å². The lowest BCUT2D eigenvalue weighted by Crippen LogP contribution is -2.30. The number of ether oxygens (including phenoxy) is 1. The first-order chi connectivity index (χ1) is 15.6. The van der Waals surface area contributed by atoms with Crippen molar-refractivity contribution >= 4 is 5.91 Å². The molecule has 168 valence electrons. The maximum absolute atomic E-state index is 12.5. The lowest BCUT2D eigenvalue weighted by Gasteiger charge is -2.21. The Morgan fingerprint density at radius 2 is 1.84 bits per heavy atom. The van der Waals surface area contributed by atoms with Gasteiger partial charge in [0.1, 0.15) is 11.6 Å². The van der Waals surface area contributed by atoms with Crippen LogP contribution in [0.1, 0.15) is 42.2 Å². The number of fused-ring (bicyclic) bond motifs is 1. The molecule has 2 aromatic carbocycles. The minimum atomic E-state index is -0.180. The van der Waals surface area contributed by atoms with Gasteiger partial charge in [-0.05, 0) is 25.0 Å². The van der Waals surface area contributed by atoms with E-state index >= 15 is 0 Å². The Labute approximate surface area is 189 Å². The van der Waals surface area contributed by atoms with Crippen LogP contribution in [0.5, 0.6) is 5.75 Å². The lowest BCUT2D eigenvalue weighted by molar-refractivity contribution is -0.121. The van der Waals surface area contributed by atoms with Crippen LogP contribution in [0.2, 0.25) is 0 Å². The van der Waals surface area contributed by atoms with Gasteiger partial charge in [-0.3, -0.25) is 9.69 Å². The van der Waals surface area contributed by atoms with Crippen molar-refractivity contribution in [2.45, 2.75) is 45.3 Å². The molecule has 1 aliphatic heterocycles. The highest BCUT2D eigenvalue weighted by molar-refractivity contribution is 5.76. The fraction of sp³-hybridized carbons (Fsp3) is 0.400. The third kappa shape index (κ3) is 5.34. The van der Waals surface area contributed by atoms with E-state index in [0.717, 1.165) is 56.4 Å². The molecule has 0 saturated carbocycles. The zero-order valence-corrected chi connectivity index (χ0v) is 18.8. The van der Waals surface area contributed by atoms with Crippen LogP contribution in [-0.2, 0) is 30.7 Å². The summed E-state index contributed by atoms with van der Waals surface area (Å²) >= 11 is 0. The van der Waals surface area contributed by atoms with E-state index in [1.54, 1.807) is 7.11 Å². The molecule has 32 heavy (non-hydrogen) atoms. The summed E-state index contributed by atoms with van der Waals surface area (Å²) in [5.74, 6) is 2.76. The Bertz CT molecular complexity index is 1030. The minimum Gasteiger partial charge on any atom is -0.496 e. The van der Waals surface area contributed by atoms with Crippen molar-refractivity contribution < 1.29 is 9.53 Å². The van der Waals surface area contributed by atoms with E-state index in [9.17, 15) is 4.79 Å². The standard InChI is InChI=1S/C25H31N5O2/c1-19(26-24(31)13-12-20-8-4-3-5-9-20)25-28-27-23-14-15-29(16-17-30(23)25)18-21-10-6-7-11-22(21)32-2/h3-11,19H,12-18H2,1-2H3,(H,26,31)/t19-/m1/s1. The maximum atomic E-state index is 12.5. The molecule has 0 spiro atoms. The van der Waals surface area contributed by atoms with Gasteiger partial charge in [0.2, 0.25) is 5.91 Å². The number of hydrogen-bond acceptors (Lipinski definition) is 5. The van der Waals surface area contributed by atoms with E-state index in [1.165, 1.54) is 11.1 Å². The van der Waals surface area contributed by atoms with Crippen LogP contribution in [0.3, 0.4) is 0 Å². The van der Waals surface area contributed by atoms with Crippen molar-refractivity contribution in [1.29, 1.82) is 0 Å². The van der Waals surface area contributed by atoms with Crippen LogP contribution in [-0.4, -0.2) is 45.8 Å². The average molecular weight is 434 g/mol. The first-order valence-corrected chi connectivity index (χ1v) is 11.2. The molecular formula is C25H31N5O2. The van der Waals surface area contributed by atoms with Gasteiger partial charge in [-0.2, -0.15) is 0 Å². The molecule has 1 aliphatic rings. The Morgan fingerprint density at radius 1 is 1.06 bits per heavy atom. The molecular weight excluding hydrogens is 402 g/mol. The van der Waals surface area contributed by atoms with Crippen LogP contribution in [0.25, 0.3) is 0 Å². The summed E-state index contributed by atoms with van der Waals surface area (Å²) in [6.45, 7) is 5.42. The van der Waals surface area contributed by atoms with Crippen molar-refractivity contribution in [2.75, 3.05) is 20.2 Å². The summed E-state index contributed by atoms with van der Waals surface area (Å²) in [5.41, 5.74) is 2.36. The molecule has 1 amide bonds. The molecule has 1 aromatic heterocycles. The molecule has 0 bridgehead atoms. The van der Waals surface area contributed by atoms with Crippen molar-refractivity contribution in [3.8, 4) is 5.75 Å². The Kier molecular flexibility index (Phi) is 7.17. The molecule has 0 radical (unpaired) electrons. The van der Waals surface area contributed by atoms with Gasteiger partial charge in [0.05, 0.1) is 13.2 Å². The Morgan fingerprint density at radius 3 is 2.66 bits per heavy atom. The second kappa shape index (κ2) is 10.4. The molecule has 7 heteroatoms. The van der Waals surface area contributed by atoms with Gasteiger partial charge in [-0.25, -0.2) is 0 Å². The number of amides is 1. The van der Waals surface area contributed by atoms with Crippen LogP contribution in [0.15, 0.2) is 54.6 Å². The largest absolute Gasteiger partial charge is 0.496 e. The summed E-state index contributed by atoms with van der Waals surface area (Å²) < 4.78 is 7.68. The van der Waals surface area contributed by atoms with E-state index in [4.69, 9.17) is 4.74 Å². The van der Waals surface area contributed by atoms with E-state index in [2.05, 4.69) is 31.0 Å². The Hall–Kier alpha value is -3.19. The highest BCUT2D eigenvalue weighted by atomic mass is 16.5. The first kappa shape index (κ1) is 22.0. The quantitative estimate of drug-likeness (QED) is 0.591. The van der Waals surface area contributed by atoms with Crippen LogP contribution >= 0.6 is 0 Å². The monoisotopic (exact) mass is 433 g/mol. The van der Waals surface area contributed by atoms with Gasteiger partial charge in [-0.1, -0.05) is 48.5 Å². The number of rotatable bonds is 8. The minimum absolute atomic E-state index is 0.0325. The predicted octanol–water partition coefficient (Wildman–Crippen LogP) is 3.16. The van der Waals surface area contributed by atoms with Gasteiger partial charge in [-0.15, -0.1) is 10.2 Å². The van der Waals surface area contributed by atoms with E-state index in [0.29, 0.717) is 6.42 Å². The number of aromatic nitrogens is 3. The topological polar surface area (TPSA) is 72.3 Å². The summed E-state index contributed by atoms with van der Waals surface area (Å²) in [5, 5.41) is 11.9. The van der Waals surface area contributed by atoms with Crippen LogP contribution in [0, 0.1) is 0 Å². The van der Waals surface area contributed by atoms with E-state index in [-0.39, 0.29) is 11.9 Å². The number of benzene rings is 2. The number of methoxy groups -OCH3 is 1. The average Bonchev–Trinajstić information content (AvgIpc) is 3.13. The fourth-order valence-electron chi connectivity index (χ4n) is 4.22. The number of carbonyl (C=O) groups excluding carboxylic acids is 1. The summed E-state index contributed by atoms with van der Waals surface area (Å²) in [6.07, 6.45) is 2.02. The van der Waals surface area contributed by atoms with E-state index in [1.807, 2.05) is 55.5 Å². The second-order valence-corrected chi connectivity index (χ2v) is 8.24. The van der Waals surface area contributed by atoms with Crippen molar-refractivity contribution in [1.82, 2.24) is 25.0 Å². The number of para-hydroxylation sites is 1. The van der Waals surface area contributed by atoms with E-state index < -0.39 is 0 Å². The predicted molar refractivity (Wildman–Crippen MR) is 123 cm³/mol. The lowest BCUT2D eigenvalue weighted by atomic mass is 10.1. The smallest absolute Gasteiger partial charge is 0.220 e. The molecule has 0 saturated heterocycles. The molecule has 0 aliphatic carbocycles.